The van der Waals surface area contributed by atoms with E-state index in [0.29, 0.717) is 16.5 Å². The molecule has 2 unspecified atom stereocenters. The predicted molar refractivity (Wildman–Crippen MR) is 163 cm³/mol. The smallest absolute Gasteiger partial charge is 0.259 e. The number of fused-ring (bicyclic) bond motifs is 1. The van der Waals surface area contributed by atoms with Gasteiger partial charge in [0.1, 0.15) is 17.5 Å². The van der Waals surface area contributed by atoms with E-state index in [2.05, 4.69) is 42.9 Å². The number of hydrazine groups is 1. The van der Waals surface area contributed by atoms with Gasteiger partial charge in [-0.15, -0.1) is 0 Å². The fourth-order valence-electron chi connectivity index (χ4n) is 4.66. The SMILES string of the molecule is C=C/C(=C\C=C/CC)C1C(COC2=C(C(=O)Nc3ccc4ccccc4c3)C=CC(C)C=C2)=C(Cl)N(C)N1C. The van der Waals surface area contributed by atoms with Crippen molar-refractivity contribution in [2.45, 2.75) is 26.3 Å². The molecular weight excluding hydrogens is 506 g/mol. The molecule has 2 aromatic rings. The monoisotopic (exact) mass is 541 g/mol. The summed E-state index contributed by atoms with van der Waals surface area (Å²) in [5.41, 5.74) is 3.10. The Morgan fingerprint density at radius 2 is 1.87 bits per heavy atom. The first kappa shape index (κ1) is 28.2. The van der Waals surface area contributed by atoms with Gasteiger partial charge in [-0.2, -0.15) is 0 Å². The van der Waals surface area contributed by atoms with Crippen molar-refractivity contribution in [2.24, 2.45) is 5.92 Å². The first-order chi connectivity index (χ1) is 18.8. The first-order valence-electron chi connectivity index (χ1n) is 13.2. The van der Waals surface area contributed by atoms with Gasteiger partial charge < -0.3 is 10.1 Å². The number of likely N-dealkylation sites (N-methyl/N-ethyl adjacent to an activating group) is 1. The van der Waals surface area contributed by atoms with Crippen LogP contribution in [-0.4, -0.2) is 42.7 Å². The van der Waals surface area contributed by atoms with Crippen LogP contribution in [0.4, 0.5) is 5.69 Å². The molecule has 1 amide bonds. The Hall–Kier alpha value is -3.80. The molecule has 0 spiro atoms. The van der Waals surface area contributed by atoms with E-state index in [1.807, 2.05) is 98.0 Å². The number of hydrogen-bond acceptors (Lipinski definition) is 4. The second-order valence-corrected chi connectivity index (χ2v) is 10.0. The average Bonchev–Trinajstić information content (AvgIpc) is 3.05. The summed E-state index contributed by atoms with van der Waals surface area (Å²) in [5, 5.41) is 9.78. The van der Waals surface area contributed by atoms with E-state index in [9.17, 15) is 4.79 Å². The largest absolute Gasteiger partial charge is 0.488 e. The number of carbonyl (C=O) groups excluding carboxylic acids is 1. The third-order valence-electron chi connectivity index (χ3n) is 6.96. The van der Waals surface area contributed by atoms with Gasteiger partial charge >= 0.3 is 0 Å². The number of halogens is 1. The number of nitrogens with zero attached hydrogens (tertiary/aromatic N) is 2. The van der Waals surface area contributed by atoms with Crippen molar-refractivity contribution in [3.63, 3.8) is 0 Å². The van der Waals surface area contributed by atoms with Crippen LogP contribution in [0.25, 0.3) is 10.8 Å². The third-order valence-corrected chi connectivity index (χ3v) is 7.44. The van der Waals surface area contributed by atoms with Crippen molar-refractivity contribution in [1.29, 1.82) is 0 Å². The molecule has 6 heteroatoms. The van der Waals surface area contributed by atoms with E-state index in [4.69, 9.17) is 16.3 Å². The number of rotatable bonds is 9. The van der Waals surface area contributed by atoms with Gasteiger partial charge in [0.15, 0.2) is 0 Å². The molecule has 0 saturated heterocycles. The summed E-state index contributed by atoms with van der Waals surface area (Å²) in [7, 11) is 3.90. The van der Waals surface area contributed by atoms with Crippen molar-refractivity contribution >= 4 is 34.0 Å². The van der Waals surface area contributed by atoms with Crippen LogP contribution in [0.3, 0.4) is 0 Å². The van der Waals surface area contributed by atoms with Gasteiger partial charge in [0.05, 0.1) is 11.6 Å². The highest BCUT2D eigenvalue weighted by Crippen LogP contribution is 2.35. The van der Waals surface area contributed by atoms with Gasteiger partial charge in [-0.1, -0.05) is 98.8 Å². The van der Waals surface area contributed by atoms with E-state index in [1.54, 1.807) is 0 Å². The molecule has 5 nitrogen and oxygen atoms in total. The van der Waals surface area contributed by atoms with Crippen LogP contribution in [0.5, 0.6) is 0 Å². The molecule has 2 aromatic carbocycles. The number of hydrogen-bond donors (Lipinski definition) is 1. The molecule has 4 rings (SSSR count). The number of allylic oxidation sites excluding steroid dienone is 6. The lowest BCUT2D eigenvalue weighted by Crippen LogP contribution is -2.38. The predicted octanol–water partition coefficient (Wildman–Crippen LogP) is 7.50. The van der Waals surface area contributed by atoms with Gasteiger partial charge in [0.25, 0.3) is 5.91 Å². The van der Waals surface area contributed by atoms with Crippen LogP contribution in [0.1, 0.15) is 20.3 Å². The first-order valence-corrected chi connectivity index (χ1v) is 13.6. The summed E-state index contributed by atoms with van der Waals surface area (Å²) in [6.07, 6.45) is 16.7. The Morgan fingerprint density at radius 3 is 2.62 bits per heavy atom. The van der Waals surface area contributed by atoms with Crippen LogP contribution in [0, 0.1) is 5.92 Å². The average molecular weight is 542 g/mol. The molecule has 1 N–H and O–H groups in total. The van der Waals surface area contributed by atoms with Crippen LogP contribution >= 0.6 is 11.6 Å². The zero-order valence-electron chi connectivity index (χ0n) is 23.0. The van der Waals surface area contributed by atoms with Gasteiger partial charge in [0, 0.05) is 25.4 Å². The second kappa shape index (κ2) is 12.8. The van der Waals surface area contributed by atoms with Crippen LogP contribution in [-0.2, 0) is 9.53 Å². The molecule has 0 radical (unpaired) electrons. The highest BCUT2D eigenvalue weighted by Gasteiger charge is 2.35. The maximum atomic E-state index is 13.5. The van der Waals surface area contributed by atoms with E-state index in [0.717, 1.165) is 34.0 Å². The summed E-state index contributed by atoms with van der Waals surface area (Å²) < 4.78 is 6.36. The lowest BCUT2D eigenvalue weighted by Gasteiger charge is -2.29. The molecule has 0 aromatic heterocycles. The third kappa shape index (κ3) is 6.44. The molecule has 1 aliphatic heterocycles. The Labute approximate surface area is 236 Å². The van der Waals surface area contributed by atoms with Crippen molar-refractivity contribution in [2.75, 3.05) is 26.0 Å². The standard InChI is InChI=1S/C33H36ClN3O2/c1-6-8-9-12-24(7-2)31-29(32(34)37(5)36(31)4)22-39-30-20-16-23(3)15-19-28(30)33(38)35-27-18-17-25-13-10-11-14-26(25)21-27/h7-21,23,31H,2,6,22H2,1,3-5H3,(H,35,38)/b9-8-,24-12+. The molecule has 1 heterocycles. The molecule has 202 valence electrons. The van der Waals surface area contributed by atoms with Crippen LogP contribution in [0.15, 0.2) is 125 Å². The van der Waals surface area contributed by atoms with Gasteiger partial charge in [-0.25, -0.2) is 5.01 Å². The topological polar surface area (TPSA) is 44.8 Å². The summed E-state index contributed by atoms with van der Waals surface area (Å²) >= 11 is 6.78. The summed E-state index contributed by atoms with van der Waals surface area (Å²) in [6, 6.07) is 13.8. The quantitative estimate of drug-likeness (QED) is 0.264. The van der Waals surface area contributed by atoms with E-state index >= 15 is 0 Å². The van der Waals surface area contributed by atoms with Crippen molar-refractivity contribution in [3.05, 3.63) is 125 Å². The van der Waals surface area contributed by atoms with Crippen molar-refractivity contribution in [3.8, 4) is 0 Å². The van der Waals surface area contributed by atoms with E-state index < -0.39 is 0 Å². The Bertz CT molecular complexity index is 1430. The lowest BCUT2D eigenvalue weighted by molar-refractivity contribution is -0.112. The molecule has 0 saturated carbocycles. The highest BCUT2D eigenvalue weighted by atomic mass is 35.5. The summed E-state index contributed by atoms with van der Waals surface area (Å²) in [4.78, 5) is 13.5. The molecular formula is C33H36ClN3O2. The van der Waals surface area contributed by atoms with Gasteiger partial charge in [-0.05, 0) is 53.0 Å². The molecule has 2 aliphatic rings. The molecule has 0 fully saturated rings. The maximum absolute atomic E-state index is 13.5. The van der Waals surface area contributed by atoms with Gasteiger partial charge in [-0.3, -0.25) is 9.80 Å². The number of carbonyl (C=O) groups is 1. The Kier molecular flexibility index (Phi) is 9.28. The minimum atomic E-state index is -0.232. The fourth-order valence-corrected chi connectivity index (χ4v) is 4.93. The number of nitrogens with one attached hydrogen (secondary N) is 1. The minimum absolute atomic E-state index is 0.138. The number of amides is 1. The zero-order valence-corrected chi connectivity index (χ0v) is 23.8. The maximum Gasteiger partial charge on any atom is 0.259 e. The molecule has 1 aliphatic carbocycles. The number of ether oxygens (including phenoxy) is 1. The minimum Gasteiger partial charge on any atom is -0.488 e. The highest BCUT2D eigenvalue weighted by molar-refractivity contribution is 6.29. The molecule has 39 heavy (non-hydrogen) atoms. The molecule has 0 bridgehead atoms. The number of benzene rings is 2. The molecule has 2 atom stereocenters. The normalized spacial score (nSPS) is 20.3. The Morgan fingerprint density at radius 1 is 1.13 bits per heavy atom. The van der Waals surface area contributed by atoms with Crippen molar-refractivity contribution < 1.29 is 9.53 Å². The van der Waals surface area contributed by atoms with Crippen molar-refractivity contribution in [1.82, 2.24) is 10.0 Å². The second-order valence-electron chi connectivity index (χ2n) is 9.68. The van der Waals surface area contributed by atoms with Crippen LogP contribution in [0.2, 0.25) is 0 Å². The zero-order chi connectivity index (χ0) is 27.9. The Balaban J connectivity index is 1.61. The van der Waals surface area contributed by atoms with E-state index in [-0.39, 0.29) is 24.5 Å². The van der Waals surface area contributed by atoms with E-state index in [1.165, 1.54) is 0 Å². The van der Waals surface area contributed by atoms with Crippen LogP contribution < -0.4 is 5.32 Å². The van der Waals surface area contributed by atoms with Gasteiger partial charge in [0.2, 0.25) is 0 Å². The summed E-state index contributed by atoms with van der Waals surface area (Å²) in [6.45, 7) is 8.41. The fraction of sp³-hybridized carbons (Fsp3) is 0.242. The summed E-state index contributed by atoms with van der Waals surface area (Å²) in [5.74, 6) is 0.426. The lowest BCUT2D eigenvalue weighted by atomic mass is 9.99. The number of anilines is 1.